The van der Waals surface area contributed by atoms with E-state index in [4.69, 9.17) is 4.74 Å². The predicted octanol–water partition coefficient (Wildman–Crippen LogP) is 3.10. The van der Waals surface area contributed by atoms with Gasteiger partial charge in [0.15, 0.2) is 28.3 Å². The summed E-state index contributed by atoms with van der Waals surface area (Å²) < 4.78 is 46.0. The van der Waals surface area contributed by atoms with Crippen molar-refractivity contribution in [1.29, 1.82) is 0 Å². The molecule has 0 saturated heterocycles. The van der Waals surface area contributed by atoms with E-state index in [1.807, 2.05) is 0 Å². The average molecular weight is 367 g/mol. The van der Waals surface area contributed by atoms with Gasteiger partial charge in [0.25, 0.3) is 0 Å². The van der Waals surface area contributed by atoms with Crippen molar-refractivity contribution in [2.24, 2.45) is 4.99 Å². The summed E-state index contributed by atoms with van der Waals surface area (Å²) in [5, 5.41) is 5.03. The molecule has 25 heavy (non-hydrogen) atoms. The van der Waals surface area contributed by atoms with Crippen LogP contribution in [0.25, 0.3) is 0 Å². The molecule has 0 saturated carbocycles. The number of amidine groups is 1. The number of nitrogens with zero attached hydrogens (tertiary/aromatic N) is 2. The third-order valence-corrected chi connectivity index (χ3v) is 4.20. The van der Waals surface area contributed by atoms with Gasteiger partial charge < -0.3 is 10.1 Å². The number of benzene rings is 1. The van der Waals surface area contributed by atoms with Gasteiger partial charge >= 0.3 is 5.97 Å². The third-order valence-electron chi connectivity index (χ3n) is 3.42. The first kappa shape index (κ1) is 17.2. The molecule has 2 heterocycles. The fraction of sp³-hybridized carbons (Fsp3) is 0.188. The quantitative estimate of drug-likeness (QED) is 0.666. The summed E-state index contributed by atoms with van der Waals surface area (Å²) in [5.41, 5.74) is -0.291. The summed E-state index contributed by atoms with van der Waals surface area (Å²) in [4.78, 5) is 20.5. The number of thiazole rings is 1. The number of rotatable bonds is 4. The number of esters is 1. The van der Waals surface area contributed by atoms with Crippen LogP contribution < -0.4 is 5.32 Å². The van der Waals surface area contributed by atoms with Gasteiger partial charge in [-0.25, -0.2) is 22.9 Å². The van der Waals surface area contributed by atoms with Crippen LogP contribution in [0.15, 0.2) is 40.5 Å². The van der Waals surface area contributed by atoms with Gasteiger partial charge in [0.2, 0.25) is 0 Å². The summed E-state index contributed by atoms with van der Waals surface area (Å²) >= 11 is 1.28. The highest BCUT2D eigenvalue weighted by atomic mass is 32.1. The van der Waals surface area contributed by atoms with Gasteiger partial charge in [-0.1, -0.05) is 6.07 Å². The molecule has 1 aliphatic heterocycles. The lowest BCUT2D eigenvalue weighted by Gasteiger charge is -2.22. The van der Waals surface area contributed by atoms with Gasteiger partial charge in [-0.3, -0.25) is 4.99 Å². The summed E-state index contributed by atoms with van der Waals surface area (Å²) in [7, 11) is 0. The molecule has 0 unspecified atom stereocenters. The van der Waals surface area contributed by atoms with E-state index in [0.717, 1.165) is 12.1 Å². The molecule has 1 atom stereocenters. The molecular weight excluding hydrogens is 355 g/mol. The Kier molecular flexibility index (Phi) is 4.84. The van der Waals surface area contributed by atoms with Crippen molar-refractivity contribution in [3.8, 4) is 0 Å². The Balaban J connectivity index is 2.08. The van der Waals surface area contributed by atoms with Crippen LogP contribution in [0.1, 0.15) is 23.5 Å². The maximum atomic E-state index is 14.2. The summed E-state index contributed by atoms with van der Waals surface area (Å²) in [6.07, 6.45) is 2.87. The fourth-order valence-electron chi connectivity index (χ4n) is 2.29. The maximum absolute atomic E-state index is 14.2. The zero-order valence-electron chi connectivity index (χ0n) is 12.9. The third kappa shape index (κ3) is 3.27. The van der Waals surface area contributed by atoms with Crippen LogP contribution in [0.3, 0.4) is 0 Å². The molecule has 0 bridgehead atoms. The minimum absolute atomic E-state index is 0.0212. The van der Waals surface area contributed by atoms with Crippen molar-refractivity contribution in [3.63, 3.8) is 0 Å². The largest absolute Gasteiger partial charge is 0.463 e. The molecule has 0 amide bonds. The second-order valence-electron chi connectivity index (χ2n) is 4.95. The van der Waals surface area contributed by atoms with E-state index in [-0.39, 0.29) is 23.6 Å². The van der Waals surface area contributed by atoms with E-state index < -0.39 is 29.5 Å². The van der Waals surface area contributed by atoms with Gasteiger partial charge in [-0.2, -0.15) is 0 Å². The van der Waals surface area contributed by atoms with Crippen molar-refractivity contribution in [3.05, 3.63) is 63.5 Å². The number of aliphatic imine (C=N–C) groups is 1. The zero-order valence-corrected chi connectivity index (χ0v) is 13.7. The van der Waals surface area contributed by atoms with Crippen LogP contribution in [-0.4, -0.2) is 23.4 Å². The van der Waals surface area contributed by atoms with E-state index in [0.29, 0.717) is 5.01 Å². The smallest absolute Gasteiger partial charge is 0.338 e. The predicted molar refractivity (Wildman–Crippen MR) is 85.6 cm³/mol. The summed E-state index contributed by atoms with van der Waals surface area (Å²) in [6, 6.07) is 0.658. The van der Waals surface area contributed by atoms with Gasteiger partial charge in [0, 0.05) is 23.3 Å². The molecule has 130 valence electrons. The molecule has 1 aliphatic rings. The minimum atomic E-state index is -1.62. The Bertz CT molecular complexity index is 866. The first-order valence-corrected chi connectivity index (χ1v) is 8.15. The number of halogens is 3. The van der Waals surface area contributed by atoms with Crippen LogP contribution in [0, 0.1) is 17.5 Å². The second-order valence-corrected chi connectivity index (χ2v) is 5.84. The van der Waals surface area contributed by atoms with E-state index >= 15 is 0 Å². The number of nitrogens with one attached hydrogen (secondary N) is 1. The zero-order chi connectivity index (χ0) is 18.0. The number of carbonyl (C=O) groups excluding carboxylic acids is 1. The van der Waals surface area contributed by atoms with Gasteiger partial charge in [-0.15, -0.1) is 11.3 Å². The molecule has 1 aromatic carbocycles. The van der Waals surface area contributed by atoms with Gasteiger partial charge in [0.05, 0.1) is 12.2 Å². The molecule has 3 rings (SSSR count). The van der Waals surface area contributed by atoms with Crippen molar-refractivity contribution < 1.29 is 22.7 Å². The van der Waals surface area contributed by atoms with E-state index in [9.17, 15) is 18.0 Å². The highest BCUT2D eigenvalue weighted by Gasteiger charge is 2.31. The second kappa shape index (κ2) is 7.06. The molecule has 0 fully saturated rings. The summed E-state index contributed by atoms with van der Waals surface area (Å²) in [5.74, 6) is -4.78. The van der Waals surface area contributed by atoms with E-state index in [1.54, 1.807) is 18.5 Å². The number of ether oxygens (including phenoxy) is 1. The minimum Gasteiger partial charge on any atom is -0.463 e. The van der Waals surface area contributed by atoms with Gasteiger partial charge in [0.1, 0.15) is 6.04 Å². The standard InChI is InChI=1S/C16H12F3N3O2S/c1-2-24-16(23)9-7-21-14(15-20-5-6-25-15)22-13(9)8-3-4-10(17)12(19)11(8)18/h3-7,13H,2H2,1H3,(H,21,22)/t13-/m0/s1. The highest BCUT2D eigenvalue weighted by Crippen LogP contribution is 2.33. The lowest BCUT2D eigenvalue weighted by molar-refractivity contribution is -0.138. The normalized spacial score (nSPS) is 16.7. The average Bonchev–Trinajstić information content (AvgIpc) is 3.14. The van der Waals surface area contributed by atoms with Crippen LogP contribution in [0.5, 0.6) is 0 Å². The Morgan fingerprint density at radius 1 is 1.32 bits per heavy atom. The van der Waals surface area contributed by atoms with Crippen molar-refractivity contribution >= 4 is 23.1 Å². The van der Waals surface area contributed by atoms with Crippen molar-refractivity contribution in [2.75, 3.05) is 6.61 Å². The van der Waals surface area contributed by atoms with E-state index in [1.165, 1.54) is 17.5 Å². The maximum Gasteiger partial charge on any atom is 0.338 e. The van der Waals surface area contributed by atoms with Crippen LogP contribution in [-0.2, 0) is 9.53 Å². The van der Waals surface area contributed by atoms with Crippen LogP contribution in [0.4, 0.5) is 13.2 Å². The molecule has 9 heteroatoms. The molecule has 5 nitrogen and oxygen atoms in total. The van der Waals surface area contributed by atoms with Crippen molar-refractivity contribution in [2.45, 2.75) is 13.0 Å². The fourth-order valence-corrected chi connectivity index (χ4v) is 2.89. The Morgan fingerprint density at radius 2 is 2.12 bits per heavy atom. The first-order chi connectivity index (χ1) is 12.0. The first-order valence-electron chi connectivity index (χ1n) is 7.27. The molecule has 0 spiro atoms. The Labute approximate surface area is 144 Å². The molecule has 0 aliphatic carbocycles. The lowest BCUT2D eigenvalue weighted by atomic mass is 9.98. The van der Waals surface area contributed by atoms with Crippen LogP contribution in [0.2, 0.25) is 0 Å². The number of hydrogen-bond acceptors (Lipinski definition) is 6. The molecule has 0 radical (unpaired) electrons. The number of hydrogen-bond donors (Lipinski definition) is 1. The molecule has 1 aromatic heterocycles. The SMILES string of the molecule is CCOC(=O)C1=CNC(c2nccs2)=N[C@H]1c1ccc(F)c(F)c1F. The highest BCUT2D eigenvalue weighted by molar-refractivity contribution is 7.11. The molecular formula is C16H12F3N3O2S. The molecule has 1 N–H and O–H groups in total. The van der Waals surface area contributed by atoms with Crippen LogP contribution >= 0.6 is 11.3 Å². The summed E-state index contributed by atoms with van der Waals surface area (Å²) in [6.45, 7) is 1.72. The topological polar surface area (TPSA) is 63.6 Å². The molecule has 2 aromatic rings. The van der Waals surface area contributed by atoms with E-state index in [2.05, 4.69) is 15.3 Å². The Morgan fingerprint density at radius 3 is 2.80 bits per heavy atom. The number of carbonyl (C=O) groups is 1. The monoisotopic (exact) mass is 367 g/mol. The number of aromatic nitrogens is 1. The van der Waals surface area contributed by atoms with Gasteiger partial charge in [-0.05, 0) is 13.0 Å². The lowest BCUT2D eigenvalue weighted by Crippen LogP contribution is -2.29. The van der Waals surface area contributed by atoms with Crippen molar-refractivity contribution in [1.82, 2.24) is 10.3 Å². The Hall–Kier alpha value is -2.68.